The van der Waals surface area contributed by atoms with Crippen molar-refractivity contribution in [2.45, 2.75) is 12.3 Å². The number of alkyl halides is 2. The van der Waals surface area contributed by atoms with Gasteiger partial charge in [0.05, 0.1) is 11.1 Å². The normalized spacial score (nSPS) is 17.4. The van der Waals surface area contributed by atoms with Crippen LogP contribution in [0.25, 0.3) is 22.6 Å². The molecule has 1 saturated heterocycles. The minimum atomic E-state index is -2.52. The van der Waals surface area contributed by atoms with Crippen molar-refractivity contribution in [2.75, 3.05) is 29.0 Å². The van der Waals surface area contributed by atoms with Crippen molar-refractivity contribution in [3.05, 3.63) is 54.9 Å². The molecule has 4 heterocycles. The van der Waals surface area contributed by atoms with Crippen molar-refractivity contribution >= 4 is 23.4 Å². The van der Waals surface area contributed by atoms with Crippen LogP contribution in [0.2, 0.25) is 0 Å². The highest BCUT2D eigenvalue weighted by molar-refractivity contribution is 5.66. The molecule has 9 nitrogen and oxygen atoms in total. The number of halogens is 2. The number of hydrogen-bond acceptors (Lipinski definition) is 8. The number of nitrogens with zero attached hydrogens (tertiary/aromatic N) is 7. The molecule has 0 bridgehead atoms. The van der Waals surface area contributed by atoms with E-state index >= 15 is 0 Å². The number of aryl methyl sites for hydroxylation is 1. The molecule has 1 aliphatic heterocycles. The summed E-state index contributed by atoms with van der Waals surface area (Å²) in [4.78, 5) is 19.0. The second-order valence-corrected chi connectivity index (χ2v) is 8.81. The van der Waals surface area contributed by atoms with Crippen LogP contribution in [0, 0.1) is 5.41 Å². The first-order valence-corrected chi connectivity index (χ1v) is 10.8. The zero-order chi connectivity index (χ0) is 23.5. The van der Waals surface area contributed by atoms with Crippen LogP contribution >= 0.6 is 0 Å². The van der Waals surface area contributed by atoms with Crippen molar-refractivity contribution in [1.82, 2.24) is 29.7 Å². The summed E-state index contributed by atoms with van der Waals surface area (Å²) < 4.78 is 28.5. The molecule has 1 spiro atoms. The molecule has 172 valence electrons. The Labute approximate surface area is 193 Å². The van der Waals surface area contributed by atoms with Gasteiger partial charge in [-0.3, -0.25) is 0 Å². The van der Waals surface area contributed by atoms with E-state index in [9.17, 15) is 8.78 Å². The molecule has 1 saturated carbocycles. The first-order chi connectivity index (χ1) is 16.3. The van der Waals surface area contributed by atoms with Gasteiger partial charge in [-0.25, -0.2) is 28.4 Å². The van der Waals surface area contributed by atoms with Gasteiger partial charge in [0.1, 0.15) is 5.82 Å². The van der Waals surface area contributed by atoms with E-state index < -0.39 is 11.3 Å². The van der Waals surface area contributed by atoms with Gasteiger partial charge in [-0.2, -0.15) is 4.98 Å². The van der Waals surface area contributed by atoms with E-state index in [-0.39, 0.29) is 12.4 Å². The van der Waals surface area contributed by atoms with Gasteiger partial charge in [-0.05, 0) is 30.3 Å². The Balaban J connectivity index is 1.14. The molecule has 2 aliphatic rings. The lowest BCUT2D eigenvalue weighted by molar-refractivity contribution is 0.0518. The first kappa shape index (κ1) is 20.5. The van der Waals surface area contributed by atoms with Crippen LogP contribution in [0.15, 0.2) is 54.9 Å². The molecule has 4 aromatic rings. The van der Waals surface area contributed by atoms with Gasteiger partial charge < -0.3 is 16.0 Å². The Morgan fingerprint density at radius 1 is 0.971 bits per heavy atom. The largest absolute Gasteiger partial charge is 0.368 e. The summed E-state index contributed by atoms with van der Waals surface area (Å²) in [6, 6.07) is 13.2. The summed E-state index contributed by atoms with van der Waals surface area (Å²) in [6.45, 7) is 0.706. The Hall–Kier alpha value is -4.15. The topological polar surface area (TPSA) is 111 Å². The molecular formula is C23H21F2N9. The minimum absolute atomic E-state index is 0.0137. The van der Waals surface area contributed by atoms with Crippen molar-refractivity contribution in [2.24, 2.45) is 12.5 Å². The quantitative estimate of drug-likeness (QED) is 0.465. The fraction of sp³-hybridized carbons (Fsp3) is 0.261. The second-order valence-electron chi connectivity index (χ2n) is 8.81. The minimum Gasteiger partial charge on any atom is -0.368 e. The van der Waals surface area contributed by atoms with Crippen LogP contribution in [-0.2, 0) is 7.05 Å². The molecular weight excluding hydrogens is 440 g/mol. The fourth-order valence-electron chi connectivity index (χ4n) is 4.28. The zero-order valence-electron chi connectivity index (χ0n) is 18.3. The van der Waals surface area contributed by atoms with E-state index in [1.54, 1.807) is 30.2 Å². The van der Waals surface area contributed by atoms with Crippen LogP contribution in [0.4, 0.5) is 32.2 Å². The van der Waals surface area contributed by atoms with Crippen molar-refractivity contribution in [1.29, 1.82) is 0 Å². The lowest BCUT2D eigenvalue weighted by Gasteiger charge is -2.40. The molecule has 0 unspecified atom stereocenters. The number of pyridine rings is 1. The number of anilines is 4. The van der Waals surface area contributed by atoms with E-state index in [1.807, 2.05) is 41.3 Å². The third-order valence-corrected chi connectivity index (χ3v) is 6.40. The lowest BCUT2D eigenvalue weighted by atomic mass is 9.96. The van der Waals surface area contributed by atoms with Crippen molar-refractivity contribution in [3.8, 4) is 22.6 Å². The van der Waals surface area contributed by atoms with Crippen molar-refractivity contribution in [3.63, 3.8) is 0 Å². The van der Waals surface area contributed by atoms with Crippen LogP contribution in [0.5, 0.6) is 0 Å². The van der Waals surface area contributed by atoms with Gasteiger partial charge in [-0.15, -0.1) is 5.10 Å². The van der Waals surface area contributed by atoms with E-state index in [0.29, 0.717) is 30.7 Å². The average molecular weight is 461 g/mol. The lowest BCUT2D eigenvalue weighted by Crippen LogP contribution is -2.51. The van der Waals surface area contributed by atoms with E-state index in [0.717, 1.165) is 22.5 Å². The van der Waals surface area contributed by atoms with Crippen LogP contribution < -0.4 is 16.0 Å². The molecule has 0 amide bonds. The van der Waals surface area contributed by atoms with Gasteiger partial charge in [0.25, 0.3) is 5.92 Å². The van der Waals surface area contributed by atoms with Crippen molar-refractivity contribution < 1.29 is 8.78 Å². The van der Waals surface area contributed by atoms with Gasteiger partial charge in [0.2, 0.25) is 11.9 Å². The van der Waals surface area contributed by atoms with Gasteiger partial charge in [-0.1, -0.05) is 12.1 Å². The molecule has 3 N–H and O–H groups in total. The Morgan fingerprint density at radius 2 is 1.71 bits per heavy atom. The van der Waals surface area contributed by atoms with Crippen LogP contribution in [0.1, 0.15) is 6.42 Å². The molecule has 2 fully saturated rings. The van der Waals surface area contributed by atoms with E-state index in [1.165, 1.54) is 0 Å². The third kappa shape index (κ3) is 3.40. The maximum Gasteiger partial charge on any atom is 0.258 e. The smallest absolute Gasteiger partial charge is 0.258 e. The predicted molar refractivity (Wildman–Crippen MR) is 124 cm³/mol. The highest BCUT2D eigenvalue weighted by Crippen LogP contribution is 2.65. The summed E-state index contributed by atoms with van der Waals surface area (Å²) in [5, 5.41) is 7.73. The van der Waals surface area contributed by atoms with Crippen LogP contribution in [0.3, 0.4) is 0 Å². The van der Waals surface area contributed by atoms with Gasteiger partial charge >= 0.3 is 0 Å². The predicted octanol–water partition coefficient (Wildman–Crippen LogP) is 3.51. The molecule has 0 radical (unpaired) electrons. The number of rotatable bonds is 5. The van der Waals surface area contributed by atoms with E-state index in [2.05, 4.69) is 30.4 Å². The number of nitrogens with one attached hydrogen (secondary N) is 1. The molecule has 1 aromatic carbocycles. The summed E-state index contributed by atoms with van der Waals surface area (Å²) >= 11 is 0. The van der Waals surface area contributed by atoms with Crippen LogP contribution in [-0.4, -0.2) is 48.7 Å². The molecule has 6 rings (SSSR count). The third-order valence-electron chi connectivity index (χ3n) is 6.40. The second kappa shape index (κ2) is 7.17. The fourth-order valence-corrected chi connectivity index (χ4v) is 4.28. The summed E-state index contributed by atoms with van der Waals surface area (Å²) in [5.74, 6) is -0.511. The Bertz CT molecular complexity index is 1360. The highest BCUT2D eigenvalue weighted by Gasteiger charge is 2.76. The maximum absolute atomic E-state index is 13.4. The Kier molecular flexibility index (Phi) is 4.32. The standard InChI is InChI=1S/C23H21F2N9/c1-33-21(29-16-5-2-14(3-6-16)17-8-9-27-20(26)30-17)31-19(32-33)15-4-7-18(28-10-15)34-12-22(13-34)11-23(22,24)25/h2-10H,11-13H2,1H3,(H2,26,27,30)(H,29,31,32). The zero-order valence-corrected chi connectivity index (χ0v) is 18.3. The summed E-state index contributed by atoms with van der Waals surface area (Å²) in [7, 11) is 1.80. The summed E-state index contributed by atoms with van der Waals surface area (Å²) in [6.07, 6.45) is 3.28. The number of nitrogens with two attached hydrogens (primary N) is 1. The first-order valence-electron chi connectivity index (χ1n) is 10.8. The molecule has 0 atom stereocenters. The number of benzene rings is 1. The number of hydrogen-bond donors (Lipinski definition) is 2. The molecule has 11 heteroatoms. The summed E-state index contributed by atoms with van der Waals surface area (Å²) in [5.41, 5.74) is 8.09. The van der Waals surface area contributed by atoms with Gasteiger partial charge in [0, 0.05) is 55.8 Å². The SMILES string of the molecule is Cn1nc(-c2ccc(N3CC4(C3)CC4(F)F)nc2)nc1Nc1ccc(-c2ccnc(N)n2)cc1. The van der Waals surface area contributed by atoms with E-state index in [4.69, 9.17) is 5.73 Å². The maximum atomic E-state index is 13.4. The van der Waals surface area contributed by atoms with Gasteiger partial charge in [0.15, 0.2) is 5.82 Å². The number of aromatic nitrogens is 6. The molecule has 34 heavy (non-hydrogen) atoms. The molecule has 3 aromatic heterocycles. The Morgan fingerprint density at radius 3 is 2.35 bits per heavy atom. The highest BCUT2D eigenvalue weighted by atomic mass is 19.3. The monoisotopic (exact) mass is 461 g/mol. The average Bonchev–Trinajstić information content (AvgIpc) is 3.22. The molecule has 1 aliphatic carbocycles. The number of nitrogen functional groups attached to an aromatic ring is 1.